The molecule has 0 radical (unpaired) electrons. The molecule has 1 atom stereocenters. The number of nitrogens with zero attached hydrogens (tertiary/aromatic N) is 2. The molecule has 1 N–H and O–H groups in total. The smallest absolute Gasteiger partial charge is 0.240 e. The minimum Gasteiger partial charge on any atom is -0.496 e. The third-order valence-corrected chi connectivity index (χ3v) is 6.43. The fourth-order valence-corrected chi connectivity index (χ4v) is 4.48. The van der Waals surface area contributed by atoms with E-state index in [0.717, 1.165) is 16.8 Å². The van der Waals surface area contributed by atoms with Crippen LogP contribution in [0.5, 0.6) is 5.75 Å². The van der Waals surface area contributed by atoms with Gasteiger partial charge in [0.15, 0.2) is 0 Å². The molecular weight excluding hydrogens is 374 g/mol. The minimum absolute atomic E-state index is 0.0781. The van der Waals surface area contributed by atoms with Crippen LogP contribution in [0, 0.1) is 13.8 Å². The molecule has 0 fully saturated rings. The Kier molecular flexibility index (Phi) is 7.09. The second kappa shape index (κ2) is 8.94. The lowest BCUT2D eigenvalue weighted by molar-refractivity contribution is 0.299. The molecule has 0 saturated carbocycles. The quantitative estimate of drug-likeness (QED) is 0.732. The monoisotopic (exact) mass is 405 g/mol. The summed E-state index contributed by atoms with van der Waals surface area (Å²) >= 11 is 0. The third kappa shape index (κ3) is 5.04. The van der Waals surface area contributed by atoms with Crippen LogP contribution in [-0.4, -0.2) is 55.2 Å². The summed E-state index contributed by atoms with van der Waals surface area (Å²) in [5.41, 5.74) is 3.61. The second-order valence-corrected chi connectivity index (χ2v) is 9.14. The Balaban J connectivity index is 2.24. The first-order valence-corrected chi connectivity index (χ1v) is 10.6. The number of aryl methyl sites for hydroxylation is 2. The van der Waals surface area contributed by atoms with Gasteiger partial charge in [-0.05, 0) is 68.9 Å². The van der Waals surface area contributed by atoms with Gasteiger partial charge in [0, 0.05) is 32.4 Å². The van der Waals surface area contributed by atoms with Crippen molar-refractivity contribution in [2.45, 2.75) is 24.8 Å². The summed E-state index contributed by atoms with van der Waals surface area (Å²) in [7, 11) is 5.82. The Bertz CT molecular complexity index is 907. The van der Waals surface area contributed by atoms with Crippen molar-refractivity contribution >= 4 is 15.7 Å². The van der Waals surface area contributed by atoms with Crippen LogP contribution in [0.25, 0.3) is 0 Å². The predicted octanol–water partition coefficient (Wildman–Crippen LogP) is 2.96. The number of likely N-dealkylation sites (N-methyl/N-ethyl adjacent to an activating group) is 1. The molecule has 0 heterocycles. The van der Waals surface area contributed by atoms with Gasteiger partial charge >= 0.3 is 0 Å². The molecule has 0 amide bonds. The molecule has 154 valence electrons. The minimum atomic E-state index is -3.64. The normalized spacial score (nSPS) is 12.9. The van der Waals surface area contributed by atoms with E-state index < -0.39 is 10.0 Å². The fourth-order valence-electron chi connectivity index (χ4n) is 3.13. The highest BCUT2D eigenvalue weighted by Gasteiger charge is 2.22. The highest BCUT2D eigenvalue weighted by atomic mass is 32.2. The van der Waals surface area contributed by atoms with Gasteiger partial charge in [-0.25, -0.2) is 13.1 Å². The van der Waals surface area contributed by atoms with Gasteiger partial charge in [0.2, 0.25) is 10.0 Å². The van der Waals surface area contributed by atoms with Crippen molar-refractivity contribution in [3.63, 3.8) is 0 Å². The van der Waals surface area contributed by atoms with Gasteiger partial charge in [0.1, 0.15) is 5.75 Å². The second-order valence-electron chi connectivity index (χ2n) is 7.40. The lowest BCUT2D eigenvalue weighted by Crippen LogP contribution is -2.34. The number of nitrogens with one attached hydrogen (secondary N) is 1. The number of ether oxygens (including phenoxy) is 1. The first-order chi connectivity index (χ1) is 13.1. The Morgan fingerprint density at radius 3 is 2.11 bits per heavy atom. The van der Waals surface area contributed by atoms with Crippen molar-refractivity contribution in [3.05, 3.63) is 53.1 Å². The van der Waals surface area contributed by atoms with Gasteiger partial charge in [-0.1, -0.05) is 12.1 Å². The molecule has 0 aliphatic carbocycles. The van der Waals surface area contributed by atoms with Gasteiger partial charge in [-0.3, -0.25) is 0 Å². The first-order valence-electron chi connectivity index (χ1n) is 9.15. The largest absolute Gasteiger partial charge is 0.496 e. The maximum atomic E-state index is 12.9. The summed E-state index contributed by atoms with van der Waals surface area (Å²) in [6.45, 7) is 3.90. The SMILES string of the molecule is COc1cc(C)c(S(=O)(=O)NC[C@H](c2ccc(N(C)C)cc2)N(C)C)cc1C. The van der Waals surface area contributed by atoms with Crippen molar-refractivity contribution in [1.29, 1.82) is 0 Å². The average molecular weight is 406 g/mol. The Morgan fingerprint density at radius 2 is 1.61 bits per heavy atom. The standard InChI is InChI=1S/C21H31N3O3S/c1-15-13-21(16(2)12-20(15)27-7)28(25,26)22-14-19(24(5)6)17-8-10-18(11-9-17)23(3)4/h8-13,19,22H,14H2,1-7H3/t19-/m1/s1. The first kappa shape index (κ1) is 22.2. The van der Waals surface area contributed by atoms with Gasteiger partial charge in [-0.2, -0.15) is 0 Å². The molecule has 0 aromatic heterocycles. The van der Waals surface area contributed by atoms with Crippen molar-refractivity contribution < 1.29 is 13.2 Å². The van der Waals surface area contributed by atoms with Gasteiger partial charge in [0.05, 0.1) is 12.0 Å². The molecule has 6 nitrogen and oxygen atoms in total. The van der Waals surface area contributed by atoms with Crippen LogP contribution in [-0.2, 0) is 10.0 Å². The van der Waals surface area contributed by atoms with E-state index in [1.807, 2.05) is 69.2 Å². The molecule has 0 spiro atoms. The molecule has 0 aliphatic heterocycles. The predicted molar refractivity (Wildman–Crippen MR) is 115 cm³/mol. The van der Waals surface area contributed by atoms with Crippen LogP contribution in [0.15, 0.2) is 41.3 Å². The molecule has 7 heteroatoms. The molecule has 28 heavy (non-hydrogen) atoms. The summed E-state index contributed by atoms with van der Waals surface area (Å²) in [6.07, 6.45) is 0. The maximum Gasteiger partial charge on any atom is 0.240 e. The molecular formula is C21H31N3O3S. The van der Waals surface area contributed by atoms with Gasteiger partial charge in [0.25, 0.3) is 0 Å². The van der Waals surface area contributed by atoms with Gasteiger partial charge < -0.3 is 14.5 Å². The topological polar surface area (TPSA) is 61.9 Å². The van der Waals surface area contributed by atoms with E-state index in [-0.39, 0.29) is 17.5 Å². The van der Waals surface area contributed by atoms with E-state index in [0.29, 0.717) is 11.3 Å². The lowest BCUT2D eigenvalue weighted by atomic mass is 10.1. The number of hydrogen-bond donors (Lipinski definition) is 1. The molecule has 0 saturated heterocycles. The van der Waals surface area contributed by atoms with E-state index >= 15 is 0 Å². The Morgan fingerprint density at radius 1 is 1.00 bits per heavy atom. The summed E-state index contributed by atoms with van der Waals surface area (Å²) in [6, 6.07) is 11.5. The molecule has 2 aromatic carbocycles. The Labute approximate surface area is 169 Å². The van der Waals surface area contributed by atoms with Crippen LogP contribution >= 0.6 is 0 Å². The average Bonchev–Trinajstić information content (AvgIpc) is 2.63. The summed E-state index contributed by atoms with van der Waals surface area (Å²) in [5, 5.41) is 0. The number of methoxy groups -OCH3 is 1. The molecule has 0 aliphatic rings. The highest BCUT2D eigenvalue weighted by molar-refractivity contribution is 7.89. The van der Waals surface area contributed by atoms with Crippen molar-refractivity contribution in [1.82, 2.24) is 9.62 Å². The highest BCUT2D eigenvalue weighted by Crippen LogP contribution is 2.26. The van der Waals surface area contributed by atoms with Crippen LogP contribution < -0.4 is 14.4 Å². The van der Waals surface area contributed by atoms with E-state index in [1.54, 1.807) is 26.2 Å². The van der Waals surface area contributed by atoms with Crippen molar-refractivity contribution in [3.8, 4) is 5.75 Å². The number of benzene rings is 2. The third-order valence-electron chi connectivity index (χ3n) is 4.87. The fraction of sp³-hybridized carbons (Fsp3) is 0.429. The number of sulfonamides is 1. The van der Waals surface area contributed by atoms with E-state index in [1.165, 1.54) is 0 Å². The van der Waals surface area contributed by atoms with Gasteiger partial charge in [-0.15, -0.1) is 0 Å². The van der Waals surface area contributed by atoms with E-state index in [4.69, 9.17) is 4.74 Å². The van der Waals surface area contributed by atoms with Crippen molar-refractivity contribution in [2.24, 2.45) is 0 Å². The molecule has 2 rings (SSSR count). The lowest BCUT2D eigenvalue weighted by Gasteiger charge is -2.26. The number of rotatable bonds is 8. The van der Waals surface area contributed by atoms with Crippen LogP contribution in [0.3, 0.4) is 0 Å². The Hall–Kier alpha value is -2.09. The molecule has 2 aromatic rings. The number of hydrogen-bond acceptors (Lipinski definition) is 5. The zero-order valence-electron chi connectivity index (χ0n) is 17.8. The molecule has 0 bridgehead atoms. The maximum absolute atomic E-state index is 12.9. The summed E-state index contributed by atoms with van der Waals surface area (Å²) < 4.78 is 33.9. The van der Waals surface area contributed by atoms with Crippen LogP contribution in [0.1, 0.15) is 22.7 Å². The van der Waals surface area contributed by atoms with E-state index in [9.17, 15) is 8.42 Å². The van der Waals surface area contributed by atoms with Crippen LogP contribution in [0.2, 0.25) is 0 Å². The summed E-state index contributed by atoms with van der Waals surface area (Å²) in [5.74, 6) is 0.684. The molecule has 0 unspecified atom stereocenters. The van der Waals surface area contributed by atoms with Crippen molar-refractivity contribution in [2.75, 3.05) is 46.7 Å². The number of anilines is 1. The zero-order chi connectivity index (χ0) is 21.1. The van der Waals surface area contributed by atoms with E-state index in [2.05, 4.69) is 4.72 Å². The summed E-state index contributed by atoms with van der Waals surface area (Å²) in [4.78, 5) is 4.33. The van der Waals surface area contributed by atoms with Crippen LogP contribution in [0.4, 0.5) is 5.69 Å². The zero-order valence-corrected chi connectivity index (χ0v) is 18.6.